The van der Waals surface area contributed by atoms with E-state index in [0.29, 0.717) is 19.8 Å². The molecule has 0 atom stereocenters. The molecule has 4 nitrogen and oxygen atoms in total. The van der Waals surface area contributed by atoms with Crippen LogP contribution in [0.25, 0.3) is 0 Å². The Hall–Kier alpha value is 0.110. The third kappa shape index (κ3) is 50.6. The van der Waals surface area contributed by atoms with Crippen molar-refractivity contribution in [1.82, 2.24) is 0 Å². The van der Waals surface area contributed by atoms with Gasteiger partial charge in [-0.15, -0.1) is 0 Å². The molecule has 0 N–H and O–H groups in total. The standard InChI is InChI=1S/C54H111O4P/c1-52(2)46-40-34-28-22-16-10-7-13-19-25-31-37-43-49-56-59(55,57-50-44-38-32-26-20-14-8-11-17-23-29-35-41-47-53(3)4)58-51-45-39-33-27-21-15-9-12-18-24-30-36-42-48-54(5)6/h52-54H,7-51H2,1-6H3. The SMILES string of the molecule is CC(C)CCCCCCCCCCCCCCCOP(=O)(OCCCCCCCCCCCCCCCC(C)C)OCCCCCCCCCCCCCCCC(C)C. The zero-order valence-electron chi connectivity index (χ0n) is 41.6. The average molecular weight is 855 g/mol. The average Bonchev–Trinajstić information content (AvgIpc) is 3.20. The van der Waals surface area contributed by atoms with Gasteiger partial charge in [-0.3, -0.25) is 13.6 Å². The first-order valence-corrected chi connectivity index (χ1v) is 28.7. The maximum Gasteiger partial charge on any atom is 0.474 e. The van der Waals surface area contributed by atoms with Crippen LogP contribution in [0.1, 0.15) is 311 Å². The van der Waals surface area contributed by atoms with Crippen molar-refractivity contribution >= 4 is 7.82 Å². The number of phosphoric acid groups is 1. The van der Waals surface area contributed by atoms with Crippen molar-refractivity contribution in [2.24, 2.45) is 17.8 Å². The van der Waals surface area contributed by atoms with E-state index >= 15 is 0 Å². The minimum Gasteiger partial charge on any atom is -0.287 e. The molecule has 0 aromatic carbocycles. The Morgan fingerprint density at radius 2 is 0.373 bits per heavy atom. The minimum atomic E-state index is -3.49. The number of hydrogen-bond donors (Lipinski definition) is 0. The Kier molecular flexibility index (Phi) is 47.7. The number of unbranched alkanes of at least 4 members (excludes halogenated alkanes) is 36. The summed E-state index contributed by atoms with van der Waals surface area (Å²) in [7, 11) is -3.49. The van der Waals surface area contributed by atoms with Crippen LogP contribution >= 0.6 is 7.82 Å². The fourth-order valence-electron chi connectivity index (χ4n) is 8.44. The van der Waals surface area contributed by atoms with Gasteiger partial charge in [0.2, 0.25) is 0 Å². The molecule has 0 fully saturated rings. The molecule has 0 bridgehead atoms. The van der Waals surface area contributed by atoms with E-state index in [-0.39, 0.29) is 0 Å². The summed E-state index contributed by atoms with van der Waals surface area (Å²) in [5, 5.41) is 0. The summed E-state index contributed by atoms with van der Waals surface area (Å²) in [6.07, 6.45) is 55.9. The van der Waals surface area contributed by atoms with E-state index in [2.05, 4.69) is 41.5 Å². The summed E-state index contributed by atoms with van der Waals surface area (Å²) in [6.45, 7) is 15.4. The van der Waals surface area contributed by atoms with Gasteiger partial charge in [-0.2, -0.15) is 0 Å². The van der Waals surface area contributed by atoms with Crippen molar-refractivity contribution in [1.29, 1.82) is 0 Å². The molecule has 0 saturated heterocycles. The fourth-order valence-corrected chi connectivity index (χ4v) is 9.72. The van der Waals surface area contributed by atoms with Gasteiger partial charge in [0.1, 0.15) is 0 Å². The zero-order valence-corrected chi connectivity index (χ0v) is 42.5. The lowest BCUT2D eigenvalue weighted by atomic mass is 10.0. The van der Waals surface area contributed by atoms with Crippen molar-refractivity contribution in [3.05, 3.63) is 0 Å². The van der Waals surface area contributed by atoms with Gasteiger partial charge in [0, 0.05) is 0 Å². The van der Waals surface area contributed by atoms with Crippen molar-refractivity contribution in [2.75, 3.05) is 19.8 Å². The normalized spacial score (nSPS) is 12.3. The van der Waals surface area contributed by atoms with E-state index in [0.717, 1.165) is 56.3 Å². The Morgan fingerprint density at radius 1 is 0.237 bits per heavy atom. The topological polar surface area (TPSA) is 44.8 Å². The molecule has 59 heavy (non-hydrogen) atoms. The molecule has 0 unspecified atom stereocenters. The van der Waals surface area contributed by atoms with Gasteiger partial charge in [-0.1, -0.05) is 292 Å². The van der Waals surface area contributed by atoms with E-state index in [9.17, 15) is 4.57 Å². The first-order chi connectivity index (χ1) is 28.7. The Bertz CT molecular complexity index is 725. The molecule has 0 rings (SSSR count). The highest BCUT2D eigenvalue weighted by Gasteiger charge is 2.26. The molecule has 0 aliphatic heterocycles. The van der Waals surface area contributed by atoms with E-state index < -0.39 is 7.82 Å². The second kappa shape index (κ2) is 47.6. The second-order valence-corrected chi connectivity index (χ2v) is 22.0. The van der Waals surface area contributed by atoms with Gasteiger partial charge in [0.05, 0.1) is 19.8 Å². The highest BCUT2D eigenvalue weighted by molar-refractivity contribution is 7.48. The lowest BCUT2D eigenvalue weighted by Gasteiger charge is -2.18. The van der Waals surface area contributed by atoms with E-state index in [1.165, 1.54) is 231 Å². The molecule has 5 heteroatoms. The summed E-state index contributed by atoms with van der Waals surface area (Å²) >= 11 is 0. The highest BCUT2D eigenvalue weighted by Crippen LogP contribution is 2.50. The van der Waals surface area contributed by atoms with Crippen LogP contribution in [0, 0.1) is 17.8 Å². The van der Waals surface area contributed by atoms with Crippen LogP contribution in [0.2, 0.25) is 0 Å². The van der Waals surface area contributed by atoms with Gasteiger partial charge in [-0.05, 0) is 37.0 Å². The van der Waals surface area contributed by atoms with Gasteiger partial charge >= 0.3 is 7.82 Å². The maximum atomic E-state index is 13.6. The van der Waals surface area contributed by atoms with Gasteiger partial charge in [-0.25, -0.2) is 4.57 Å². The van der Waals surface area contributed by atoms with Crippen LogP contribution in [0.4, 0.5) is 0 Å². The fraction of sp³-hybridized carbons (Fsp3) is 1.00. The van der Waals surface area contributed by atoms with Crippen LogP contribution in [0.3, 0.4) is 0 Å². The van der Waals surface area contributed by atoms with Crippen molar-refractivity contribution < 1.29 is 18.1 Å². The molecular formula is C54H111O4P. The first-order valence-electron chi connectivity index (χ1n) is 27.3. The van der Waals surface area contributed by atoms with Crippen molar-refractivity contribution in [3.63, 3.8) is 0 Å². The third-order valence-electron chi connectivity index (χ3n) is 12.5. The Labute approximate surface area is 373 Å². The smallest absolute Gasteiger partial charge is 0.287 e. The molecule has 0 spiro atoms. The molecule has 0 aliphatic carbocycles. The molecule has 356 valence electrons. The second-order valence-electron chi connectivity index (χ2n) is 20.3. The molecule has 0 saturated carbocycles. The predicted octanol–water partition coefficient (Wildman–Crippen LogP) is 20.5. The molecule has 0 aromatic heterocycles. The van der Waals surface area contributed by atoms with E-state index in [1.54, 1.807) is 0 Å². The van der Waals surface area contributed by atoms with Crippen LogP contribution in [0.5, 0.6) is 0 Å². The lowest BCUT2D eigenvalue weighted by molar-refractivity contribution is 0.108. The van der Waals surface area contributed by atoms with E-state index in [4.69, 9.17) is 13.6 Å². The van der Waals surface area contributed by atoms with Crippen LogP contribution < -0.4 is 0 Å². The first kappa shape index (κ1) is 59.1. The van der Waals surface area contributed by atoms with Gasteiger partial charge in [0.15, 0.2) is 0 Å². The zero-order chi connectivity index (χ0) is 43.2. The number of hydrogen-bond acceptors (Lipinski definition) is 4. The lowest BCUT2D eigenvalue weighted by Crippen LogP contribution is -2.04. The molecular weight excluding hydrogens is 744 g/mol. The molecule has 0 radical (unpaired) electrons. The molecule has 0 aromatic rings. The Balaban J connectivity index is 4.10. The highest BCUT2D eigenvalue weighted by atomic mass is 31.2. The van der Waals surface area contributed by atoms with Gasteiger partial charge < -0.3 is 0 Å². The van der Waals surface area contributed by atoms with Crippen LogP contribution in [0.15, 0.2) is 0 Å². The summed E-state index contributed by atoms with van der Waals surface area (Å²) in [6, 6.07) is 0. The summed E-state index contributed by atoms with van der Waals surface area (Å²) in [5.41, 5.74) is 0. The molecule has 0 heterocycles. The number of phosphoric ester groups is 1. The predicted molar refractivity (Wildman–Crippen MR) is 264 cm³/mol. The van der Waals surface area contributed by atoms with Crippen molar-refractivity contribution in [3.8, 4) is 0 Å². The Morgan fingerprint density at radius 3 is 0.525 bits per heavy atom. The minimum absolute atomic E-state index is 0.477. The molecule has 0 amide bonds. The van der Waals surface area contributed by atoms with Crippen LogP contribution in [-0.4, -0.2) is 19.8 Å². The summed E-state index contributed by atoms with van der Waals surface area (Å²) in [4.78, 5) is 0. The quantitative estimate of drug-likeness (QED) is 0.0452. The van der Waals surface area contributed by atoms with E-state index in [1.807, 2.05) is 0 Å². The number of rotatable bonds is 51. The van der Waals surface area contributed by atoms with Gasteiger partial charge in [0.25, 0.3) is 0 Å². The third-order valence-corrected chi connectivity index (χ3v) is 14.0. The van der Waals surface area contributed by atoms with Crippen LogP contribution in [-0.2, 0) is 18.1 Å². The molecule has 0 aliphatic rings. The maximum absolute atomic E-state index is 13.6. The van der Waals surface area contributed by atoms with Crippen molar-refractivity contribution in [2.45, 2.75) is 311 Å². The largest absolute Gasteiger partial charge is 0.474 e. The summed E-state index contributed by atoms with van der Waals surface area (Å²) in [5.74, 6) is 2.58. The monoisotopic (exact) mass is 855 g/mol. The summed E-state index contributed by atoms with van der Waals surface area (Å²) < 4.78 is 31.4.